The fourth-order valence-electron chi connectivity index (χ4n) is 7.46. The van der Waals surface area contributed by atoms with Crippen LogP contribution in [-0.4, -0.2) is 46.1 Å². The smallest absolute Gasteiger partial charge is 0.222 e. The Bertz CT molecular complexity index is 728. The Morgan fingerprint density at radius 1 is 0.462 bits per heavy atom. The first-order valence-electron chi connectivity index (χ1n) is 23.5. The van der Waals surface area contributed by atoms with E-state index in [0.29, 0.717) is 12.8 Å². The largest absolute Gasteiger partial charge is 0.394 e. The van der Waals surface area contributed by atoms with Crippen molar-refractivity contribution in [3.63, 3.8) is 0 Å². The van der Waals surface area contributed by atoms with Gasteiger partial charge in [0.2, 0.25) is 5.91 Å². The molecular formula is C47H93NO4. The van der Waals surface area contributed by atoms with Crippen LogP contribution in [0.1, 0.15) is 258 Å². The van der Waals surface area contributed by atoms with Crippen LogP contribution in [0.5, 0.6) is 0 Å². The molecule has 0 bridgehead atoms. The van der Waals surface area contributed by atoms with Gasteiger partial charge >= 0.3 is 0 Å². The molecule has 3 atom stereocenters. The normalized spacial score (nSPS) is 13.6. The molecule has 5 heteroatoms. The summed E-state index contributed by atoms with van der Waals surface area (Å²) in [4.78, 5) is 12.4. The standard InChI is InChI=1S/C47H93NO4/c1-3-5-7-9-11-13-15-16-17-18-19-20-21-22-23-24-25-26-27-28-29-31-32-34-36-38-40-44(50)42-47(52)48-45(43-49)46(51)41-39-37-35-33-30-14-12-10-8-6-4-2/h22-23,44-46,49-51H,3-21,24-43H2,1-2H3,(H,48,52)/b23-22-. The Hall–Kier alpha value is -0.910. The summed E-state index contributed by atoms with van der Waals surface area (Å²) in [6.45, 7) is 4.26. The lowest BCUT2D eigenvalue weighted by molar-refractivity contribution is -0.125. The van der Waals surface area contributed by atoms with E-state index in [1.54, 1.807) is 0 Å². The molecule has 0 aromatic rings. The molecule has 0 aliphatic rings. The molecule has 0 fully saturated rings. The summed E-state index contributed by atoms with van der Waals surface area (Å²) in [5.74, 6) is -0.282. The van der Waals surface area contributed by atoms with Crippen LogP contribution in [0.4, 0.5) is 0 Å². The van der Waals surface area contributed by atoms with Crippen molar-refractivity contribution in [2.45, 2.75) is 276 Å². The first-order chi connectivity index (χ1) is 25.5. The topological polar surface area (TPSA) is 89.8 Å². The van der Waals surface area contributed by atoms with E-state index in [4.69, 9.17) is 0 Å². The Kier molecular flexibility index (Phi) is 42.1. The summed E-state index contributed by atoms with van der Waals surface area (Å²) in [7, 11) is 0. The van der Waals surface area contributed by atoms with Crippen molar-refractivity contribution in [3.05, 3.63) is 12.2 Å². The van der Waals surface area contributed by atoms with E-state index in [1.807, 2.05) is 0 Å². The van der Waals surface area contributed by atoms with E-state index in [9.17, 15) is 20.1 Å². The molecule has 1 amide bonds. The zero-order chi connectivity index (χ0) is 38.0. The van der Waals surface area contributed by atoms with E-state index < -0.39 is 18.2 Å². The highest BCUT2D eigenvalue weighted by atomic mass is 16.3. The molecule has 0 rings (SSSR count). The minimum Gasteiger partial charge on any atom is -0.394 e. The molecule has 0 aromatic heterocycles. The monoisotopic (exact) mass is 736 g/mol. The van der Waals surface area contributed by atoms with Crippen LogP contribution < -0.4 is 5.32 Å². The summed E-state index contributed by atoms with van der Waals surface area (Å²) in [6.07, 6.45) is 50.6. The van der Waals surface area contributed by atoms with Gasteiger partial charge < -0.3 is 20.6 Å². The number of carbonyl (C=O) groups is 1. The van der Waals surface area contributed by atoms with Gasteiger partial charge in [-0.25, -0.2) is 0 Å². The highest BCUT2D eigenvalue weighted by Crippen LogP contribution is 2.16. The third-order valence-electron chi connectivity index (χ3n) is 11.1. The molecule has 52 heavy (non-hydrogen) atoms. The van der Waals surface area contributed by atoms with Crippen molar-refractivity contribution in [2.24, 2.45) is 0 Å². The predicted molar refractivity (Wildman–Crippen MR) is 227 cm³/mol. The number of allylic oxidation sites excluding steroid dienone is 2. The van der Waals surface area contributed by atoms with Crippen molar-refractivity contribution in [2.75, 3.05) is 6.61 Å². The number of amides is 1. The lowest BCUT2D eigenvalue weighted by Crippen LogP contribution is -2.46. The van der Waals surface area contributed by atoms with Crippen LogP contribution in [0.2, 0.25) is 0 Å². The van der Waals surface area contributed by atoms with Gasteiger partial charge in [0.25, 0.3) is 0 Å². The molecule has 0 spiro atoms. The Morgan fingerprint density at radius 2 is 0.769 bits per heavy atom. The molecule has 310 valence electrons. The maximum Gasteiger partial charge on any atom is 0.222 e. The summed E-state index contributed by atoms with van der Waals surface area (Å²) < 4.78 is 0. The van der Waals surface area contributed by atoms with Crippen molar-refractivity contribution < 1.29 is 20.1 Å². The maximum absolute atomic E-state index is 12.4. The molecule has 0 saturated heterocycles. The van der Waals surface area contributed by atoms with Gasteiger partial charge in [-0.1, -0.05) is 225 Å². The van der Waals surface area contributed by atoms with E-state index in [0.717, 1.165) is 25.7 Å². The Balaban J connectivity index is 3.52. The summed E-state index contributed by atoms with van der Waals surface area (Å²) in [5.41, 5.74) is 0. The Morgan fingerprint density at radius 3 is 1.12 bits per heavy atom. The van der Waals surface area contributed by atoms with Crippen molar-refractivity contribution in [1.82, 2.24) is 5.32 Å². The molecule has 0 saturated carbocycles. The number of hydrogen-bond donors (Lipinski definition) is 4. The fraction of sp³-hybridized carbons (Fsp3) is 0.936. The quantitative estimate of drug-likeness (QED) is 0.0371. The third-order valence-corrected chi connectivity index (χ3v) is 11.1. The van der Waals surface area contributed by atoms with Gasteiger partial charge in [-0.05, 0) is 38.5 Å². The predicted octanol–water partition coefficient (Wildman–Crippen LogP) is 13.6. The molecule has 0 radical (unpaired) electrons. The molecule has 0 aliphatic heterocycles. The molecular weight excluding hydrogens is 643 g/mol. The minimum absolute atomic E-state index is 0.0386. The van der Waals surface area contributed by atoms with Crippen LogP contribution in [0.25, 0.3) is 0 Å². The van der Waals surface area contributed by atoms with Crippen molar-refractivity contribution >= 4 is 5.91 Å². The number of rotatable bonds is 43. The average Bonchev–Trinajstić information content (AvgIpc) is 3.14. The van der Waals surface area contributed by atoms with Crippen LogP contribution in [0.3, 0.4) is 0 Å². The third kappa shape index (κ3) is 38.8. The second kappa shape index (κ2) is 42.8. The zero-order valence-corrected chi connectivity index (χ0v) is 35.2. The number of carbonyl (C=O) groups excluding carboxylic acids is 1. The summed E-state index contributed by atoms with van der Waals surface area (Å²) >= 11 is 0. The van der Waals surface area contributed by atoms with Gasteiger partial charge in [0.1, 0.15) is 0 Å². The number of aliphatic hydroxyl groups excluding tert-OH is 3. The highest BCUT2D eigenvalue weighted by Gasteiger charge is 2.21. The van der Waals surface area contributed by atoms with Gasteiger partial charge in [0.15, 0.2) is 0 Å². The Labute approximate surface area is 325 Å². The van der Waals surface area contributed by atoms with Gasteiger partial charge in [-0.15, -0.1) is 0 Å². The second-order valence-corrected chi connectivity index (χ2v) is 16.4. The second-order valence-electron chi connectivity index (χ2n) is 16.4. The number of unbranched alkanes of at least 4 members (excludes halogenated alkanes) is 32. The van der Waals surface area contributed by atoms with Crippen LogP contribution in [-0.2, 0) is 4.79 Å². The van der Waals surface area contributed by atoms with E-state index >= 15 is 0 Å². The lowest BCUT2D eigenvalue weighted by Gasteiger charge is -2.23. The van der Waals surface area contributed by atoms with Gasteiger partial charge in [-0.3, -0.25) is 4.79 Å². The van der Waals surface area contributed by atoms with Gasteiger partial charge in [-0.2, -0.15) is 0 Å². The van der Waals surface area contributed by atoms with E-state index in [1.165, 1.54) is 199 Å². The number of nitrogens with one attached hydrogen (secondary N) is 1. The summed E-state index contributed by atoms with van der Waals surface area (Å²) in [5, 5.41) is 33.3. The first-order valence-corrected chi connectivity index (χ1v) is 23.5. The average molecular weight is 736 g/mol. The van der Waals surface area contributed by atoms with Gasteiger partial charge in [0, 0.05) is 0 Å². The first kappa shape index (κ1) is 51.1. The van der Waals surface area contributed by atoms with Crippen LogP contribution in [0.15, 0.2) is 12.2 Å². The number of hydrogen-bond acceptors (Lipinski definition) is 4. The molecule has 3 unspecified atom stereocenters. The zero-order valence-electron chi connectivity index (χ0n) is 35.2. The van der Waals surface area contributed by atoms with Crippen molar-refractivity contribution in [3.8, 4) is 0 Å². The summed E-state index contributed by atoms with van der Waals surface area (Å²) in [6, 6.07) is -0.654. The molecule has 0 heterocycles. The lowest BCUT2D eigenvalue weighted by atomic mass is 10.0. The molecule has 4 N–H and O–H groups in total. The van der Waals surface area contributed by atoms with Gasteiger partial charge in [0.05, 0.1) is 31.3 Å². The van der Waals surface area contributed by atoms with Crippen LogP contribution in [0, 0.1) is 0 Å². The van der Waals surface area contributed by atoms with E-state index in [2.05, 4.69) is 31.3 Å². The van der Waals surface area contributed by atoms with Crippen molar-refractivity contribution in [1.29, 1.82) is 0 Å². The molecule has 0 aliphatic carbocycles. The van der Waals surface area contributed by atoms with E-state index in [-0.39, 0.29) is 18.9 Å². The SMILES string of the molecule is CCCCCCCCCCCCCC/C=C\CCCCCCCCCCCCC(O)CC(=O)NC(CO)C(O)CCCCCCCCCCCCC. The molecule has 5 nitrogen and oxygen atoms in total. The highest BCUT2D eigenvalue weighted by molar-refractivity contribution is 5.76. The van der Waals surface area contributed by atoms with Crippen LogP contribution >= 0.6 is 0 Å². The maximum atomic E-state index is 12.4. The number of aliphatic hydroxyl groups is 3. The molecule has 0 aromatic carbocycles. The fourth-order valence-corrected chi connectivity index (χ4v) is 7.46. The minimum atomic E-state index is -0.745.